The van der Waals surface area contributed by atoms with Gasteiger partial charge in [-0.15, -0.1) is 0 Å². The molecule has 0 bridgehead atoms. The van der Waals surface area contributed by atoms with Crippen LogP contribution in [0.15, 0.2) is 35.9 Å². The molecule has 6 nitrogen and oxygen atoms in total. The van der Waals surface area contributed by atoms with Crippen LogP contribution in [0.3, 0.4) is 0 Å². The number of hydrogen-bond acceptors (Lipinski definition) is 5. The van der Waals surface area contributed by atoms with Crippen LogP contribution in [-0.4, -0.2) is 35.4 Å². The molecule has 2 N–H and O–H groups in total. The fourth-order valence-electron chi connectivity index (χ4n) is 12.0. The highest BCUT2D eigenvalue weighted by Gasteiger charge is 2.69. The minimum absolute atomic E-state index is 0.00387. The molecule has 252 valence electrons. The molecular formula is C40H56O6. The van der Waals surface area contributed by atoms with Crippen LogP contribution in [0, 0.1) is 50.2 Å². The van der Waals surface area contributed by atoms with E-state index in [1.54, 1.807) is 24.3 Å². The maximum atomic E-state index is 13.1. The van der Waals surface area contributed by atoms with Gasteiger partial charge in [-0.25, -0.2) is 4.79 Å². The molecule has 0 radical (unpaired) electrons. The Kier molecular flexibility index (Phi) is 7.84. The standard InChI is InChI=1S/C40H56O6/c1-35(2)19-21-40(34(43)44)22-20-38(6)26(27(40)24-35)11-13-31-37(5)17-16-32(36(3,4)30(37)15-18-39(31,38)7)46-33(42)14-10-25-9-12-28(41)29(23-25)45-8/h9-12,14,23,27,30-32,41H,13,15-22,24H2,1-8H3,(H,43,44)/b14-10+/t27-,30-,31+,32-,37-,38+,39+,40-/m0/s1. The van der Waals surface area contributed by atoms with Gasteiger partial charge in [0.25, 0.3) is 0 Å². The van der Waals surface area contributed by atoms with Gasteiger partial charge in [0.05, 0.1) is 12.5 Å². The number of carbonyl (C=O) groups is 2. The number of rotatable bonds is 5. The summed E-state index contributed by atoms with van der Waals surface area (Å²) < 4.78 is 11.4. The predicted molar refractivity (Wildman–Crippen MR) is 180 cm³/mol. The van der Waals surface area contributed by atoms with E-state index in [2.05, 4.69) is 54.5 Å². The summed E-state index contributed by atoms with van der Waals surface area (Å²) in [6.45, 7) is 16.8. The number of carboxylic acids is 1. The van der Waals surface area contributed by atoms with Crippen LogP contribution < -0.4 is 4.74 Å². The van der Waals surface area contributed by atoms with E-state index in [0.717, 1.165) is 69.8 Å². The molecule has 0 aromatic heterocycles. The van der Waals surface area contributed by atoms with Gasteiger partial charge in [0.2, 0.25) is 0 Å². The Morgan fingerprint density at radius 2 is 1.63 bits per heavy atom. The van der Waals surface area contributed by atoms with Gasteiger partial charge in [0, 0.05) is 11.5 Å². The van der Waals surface area contributed by atoms with Crippen molar-refractivity contribution in [1.82, 2.24) is 0 Å². The lowest BCUT2D eigenvalue weighted by Crippen LogP contribution is -2.65. The number of aromatic hydroxyl groups is 1. The summed E-state index contributed by atoms with van der Waals surface area (Å²) in [6.07, 6.45) is 15.1. The number of methoxy groups -OCH3 is 1. The summed E-state index contributed by atoms with van der Waals surface area (Å²) >= 11 is 0. The lowest BCUT2D eigenvalue weighted by molar-refractivity contribution is -0.212. The molecule has 0 heterocycles. The van der Waals surface area contributed by atoms with E-state index in [4.69, 9.17) is 9.47 Å². The Hall–Kier alpha value is -2.76. The first-order valence-electron chi connectivity index (χ1n) is 17.6. The first-order chi connectivity index (χ1) is 21.4. The lowest BCUT2D eigenvalue weighted by atomic mass is 9.33. The molecule has 5 aliphatic rings. The zero-order valence-corrected chi connectivity index (χ0v) is 29.4. The van der Waals surface area contributed by atoms with Crippen molar-refractivity contribution in [3.8, 4) is 11.5 Å². The largest absolute Gasteiger partial charge is 0.504 e. The number of ether oxygens (including phenoxy) is 2. The van der Waals surface area contributed by atoms with Gasteiger partial charge < -0.3 is 19.7 Å². The number of esters is 1. The van der Waals surface area contributed by atoms with Crippen molar-refractivity contribution >= 4 is 18.0 Å². The Labute approximate surface area is 276 Å². The highest BCUT2D eigenvalue weighted by atomic mass is 16.5. The van der Waals surface area contributed by atoms with Crippen LogP contribution in [0.1, 0.15) is 118 Å². The number of hydrogen-bond donors (Lipinski definition) is 2. The van der Waals surface area contributed by atoms with Gasteiger partial charge >= 0.3 is 11.9 Å². The maximum Gasteiger partial charge on any atom is 0.331 e. The molecule has 6 heteroatoms. The minimum Gasteiger partial charge on any atom is -0.504 e. The molecule has 46 heavy (non-hydrogen) atoms. The van der Waals surface area contributed by atoms with E-state index >= 15 is 0 Å². The van der Waals surface area contributed by atoms with E-state index in [0.29, 0.717) is 17.6 Å². The molecular weight excluding hydrogens is 576 g/mol. The van der Waals surface area contributed by atoms with Crippen molar-refractivity contribution in [2.45, 2.75) is 119 Å². The van der Waals surface area contributed by atoms with Crippen molar-refractivity contribution in [2.75, 3.05) is 7.11 Å². The Bertz CT molecular complexity index is 1470. The average molecular weight is 633 g/mol. The number of benzene rings is 1. The van der Waals surface area contributed by atoms with E-state index in [1.165, 1.54) is 18.8 Å². The lowest BCUT2D eigenvalue weighted by Gasteiger charge is -2.71. The molecule has 4 saturated carbocycles. The molecule has 6 rings (SSSR count). The number of allylic oxidation sites excluding steroid dienone is 2. The topological polar surface area (TPSA) is 93.1 Å². The minimum atomic E-state index is -0.613. The third kappa shape index (κ3) is 4.78. The third-order valence-corrected chi connectivity index (χ3v) is 14.9. The third-order valence-electron chi connectivity index (χ3n) is 14.9. The van der Waals surface area contributed by atoms with Gasteiger partial charge in [-0.2, -0.15) is 0 Å². The van der Waals surface area contributed by atoms with Crippen LogP contribution in [0.4, 0.5) is 0 Å². The molecule has 8 atom stereocenters. The fourth-order valence-corrected chi connectivity index (χ4v) is 12.0. The smallest absolute Gasteiger partial charge is 0.331 e. The van der Waals surface area contributed by atoms with Crippen LogP contribution >= 0.6 is 0 Å². The summed E-state index contributed by atoms with van der Waals surface area (Å²) in [7, 11) is 1.50. The summed E-state index contributed by atoms with van der Waals surface area (Å²) in [4.78, 5) is 26.1. The van der Waals surface area contributed by atoms with Crippen molar-refractivity contribution in [3.05, 3.63) is 41.5 Å². The fraction of sp³-hybridized carbons (Fsp3) is 0.700. The second-order valence-electron chi connectivity index (χ2n) is 17.7. The number of carboxylic acid groups (broad SMARTS) is 1. The molecule has 1 aromatic carbocycles. The highest BCUT2D eigenvalue weighted by molar-refractivity contribution is 5.87. The Morgan fingerprint density at radius 3 is 2.33 bits per heavy atom. The summed E-state index contributed by atoms with van der Waals surface area (Å²) in [6, 6.07) is 4.99. The number of carbonyl (C=O) groups excluding carboxylic acids is 1. The number of aliphatic carboxylic acids is 1. The van der Waals surface area contributed by atoms with Crippen molar-refractivity contribution in [3.63, 3.8) is 0 Å². The maximum absolute atomic E-state index is 13.1. The molecule has 5 aliphatic carbocycles. The molecule has 0 saturated heterocycles. The molecule has 1 aromatic rings. The summed E-state index contributed by atoms with van der Waals surface area (Å²) in [5.74, 6) is 0.552. The quantitative estimate of drug-likeness (QED) is 0.191. The molecule has 4 fully saturated rings. The SMILES string of the molecule is COc1cc(/C=C/C(=O)O[C@H]2CC[C@]3(C)[C@H]4CC=C5[C@@H]6CC(C)(C)CC[C@]6(C(=O)O)CC[C@@]5(C)[C@]4(C)CC[C@H]3C2(C)C)ccc1O. The van der Waals surface area contributed by atoms with E-state index in [-0.39, 0.29) is 50.8 Å². The van der Waals surface area contributed by atoms with Crippen LogP contribution in [0.25, 0.3) is 6.08 Å². The van der Waals surface area contributed by atoms with E-state index in [9.17, 15) is 19.8 Å². The van der Waals surface area contributed by atoms with Crippen LogP contribution in [-0.2, 0) is 14.3 Å². The Balaban J connectivity index is 1.24. The zero-order chi connectivity index (χ0) is 33.5. The van der Waals surface area contributed by atoms with Gasteiger partial charge in [-0.3, -0.25) is 4.79 Å². The van der Waals surface area contributed by atoms with E-state index < -0.39 is 11.4 Å². The first-order valence-corrected chi connectivity index (χ1v) is 17.6. The van der Waals surface area contributed by atoms with Crippen LogP contribution in [0.5, 0.6) is 11.5 Å². The Morgan fingerprint density at radius 1 is 0.913 bits per heavy atom. The van der Waals surface area contributed by atoms with Crippen molar-refractivity contribution in [1.29, 1.82) is 0 Å². The van der Waals surface area contributed by atoms with E-state index in [1.807, 2.05) is 0 Å². The monoisotopic (exact) mass is 632 g/mol. The highest BCUT2D eigenvalue weighted by Crippen LogP contribution is 2.75. The number of phenolic OH excluding ortho intramolecular Hbond substituents is 1. The van der Waals surface area contributed by atoms with Gasteiger partial charge in [0.15, 0.2) is 11.5 Å². The number of phenols is 1. The summed E-state index contributed by atoms with van der Waals surface area (Å²) in [5.41, 5.74) is 1.80. The predicted octanol–water partition coefficient (Wildman–Crippen LogP) is 9.21. The van der Waals surface area contributed by atoms with Gasteiger partial charge in [-0.05, 0) is 127 Å². The second-order valence-corrected chi connectivity index (χ2v) is 17.7. The average Bonchev–Trinajstić information content (AvgIpc) is 2.98. The number of fused-ring (bicyclic) bond motifs is 7. The van der Waals surface area contributed by atoms with Crippen molar-refractivity contribution < 1.29 is 29.3 Å². The van der Waals surface area contributed by atoms with Gasteiger partial charge in [-0.1, -0.05) is 66.2 Å². The molecule has 0 amide bonds. The normalized spacial score (nSPS) is 40.8. The summed E-state index contributed by atoms with van der Waals surface area (Å²) in [5, 5.41) is 20.5. The van der Waals surface area contributed by atoms with Crippen LogP contribution in [0.2, 0.25) is 0 Å². The molecule has 0 unspecified atom stereocenters. The zero-order valence-electron chi connectivity index (χ0n) is 29.4. The van der Waals surface area contributed by atoms with Gasteiger partial charge in [0.1, 0.15) is 6.10 Å². The molecule has 0 aliphatic heterocycles. The first kappa shape index (κ1) is 33.2. The second kappa shape index (κ2) is 10.9. The molecule has 0 spiro atoms. The van der Waals surface area contributed by atoms with Crippen molar-refractivity contribution in [2.24, 2.45) is 50.2 Å².